The minimum Gasteiger partial charge on any atom is -0.508 e. The van der Waals surface area contributed by atoms with Crippen LogP contribution in [0.3, 0.4) is 0 Å². The Morgan fingerprint density at radius 1 is 0.337 bits per heavy atom. The normalized spacial score (nSPS) is 10.7. The largest absolute Gasteiger partial charge is 0.508 e. The number of phenolic OH excluding ortho intramolecular Hbond substituents is 2. The van der Waals surface area contributed by atoms with Gasteiger partial charge in [-0.15, -0.1) is 0 Å². The number of rotatable bonds is 64. The Bertz CT molecular complexity index is 2290. The third kappa shape index (κ3) is 59.6. The number of phenols is 2. The van der Waals surface area contributed by atoms with E-state index in [1.165, 1.54) is 115 Å². The Labute approximate surface area is 601 Å². The van der Waals surface area contributed by atoms with E-state index in [1.54, 1.807) is 12.1 Å². The molecule has 3 aromatic carbocycles. The standard InChI is InChI=1S/C43H74O7.C23H38O5.C8H17BrO.C7H6O3/c1-3-5-7-9-11-17-23-29-42(45)49-35-27-21-15-13-19-25-33-47-40-31-32-41(39(37-40)38-44)48-34-26-20-14-16-22-28-36-50-43(46)30-24-18-12-10-8-6-4-2;24-15-9-5-1-3-7-11-17-27-22-13-14-23(21(19-22)20-26)28-18-12-8-4-2-6-10-16-25;9-7-5-3-1-2-4-6-8-10;8-4-5-3-6(9)1-2-7(5)10/h31-32,37-38H,3-30,33-36H2,1-2H3;13-14,19-20,24-25H,1-12,15-18H2;10H,1-8H2;1-4,9-10H. The van der Waals surface area contributed by atoms with Gasteiger partial charge in [0.1, 0.15) is 34.5 Å². The number of aldehydes is 3. The molecule has 16 nitrogen and oxygen atoms in total. The first-order valence-electron chi connectivity index (χ1n) is 38.4. The molecule has 0 aliphatic rings. The highest BCUT2D eigenvalue weighted by molar-refractivity contribution is 9.09. The lowest BCUT2D eigenvalue weighted by atomic mass is 10.1. The van der Waals surface area contributed by atoms with Crippen LogP contribution >= 0.6 is 15.9 Å². The van der Waals surface area contributed by atoms with E-state index >= 15 is 0 Å². The first kappa shape index (κ1) is 92.8. The molecule has 0 saturated carbocycles. The Morgan fingerprint density at radius 2 is 0.633 bits per heavy atom. The predicted octanol–water partition coefficient (Wildman–Crippen LogP) is 20.9. The summed E-state index contributed by atoms with van der Waals surface area (Å²) in [5.74, 6) is 2.39. The second-order valence-corrected chi connectivity index (χ2v) is 26.3. The summed E-state index contributed by atoms with van der Waals surface area (Å²) in [6.45, 7) is 8.91. The lowest BCUT2D eigenvalue weighted by molar-refractivity contribution is -0.144. The number of halogens is 1. The van der Waals surface area contributed by atoms with Crippen molar-refractivity contribution in [1.29, 1.82) is 0 Å². The summed E-state index contributed by atoms with van der Waals surface area (Å²) in [4.78, 5) is 56.8. The summed E-state index contributed by atoms with van der Waals surface area (Å²) in [6, 6.07) is 14.7. The fourth-order valence-electron chi connectivity index (χ4n) is 10.6. The van der Waals surface area contributed by atoms with Crippen LogP contribution in [-0.2, 0) is 19.1 Å². The van der Waals surface area contributed by atoms with Gasteiger partial charge in [-0.25, -0.2) is 0 Å². The summed E-state index contributed by atoms with van der Waals surface area (Å²) in [7, 11) is 0. The van der Waals surface area contributed by atoms with Crippen molar-refractivity contribution in [3.8, 4) is 34.5 Å². The number of hydrogen-bond donors (Lipinski definition) is 5. The lowest BCUT2D eigenvalue weighted by Crippen LogP contribution is -2.05. The molecule has 3 aromatic rings. The Kier molecular flexibility index (Phi) is 69.1. The molecule has 0 aliphatic heterocycles. The average Bonchev–Trinajstić information content (AvgIpc) is 0.893. The monoisotopic (exact) mass is 1440 g/mol. The van der Waals surface area contributed by atoms with E-state index in [2.05, 4.69) is 29.8 Å². The zero-order valence-corrected chi connectivity index (χ0v) is 62.7. The number of ether oxygens (including phenoxy) is 6. The highest BCUT2D eigenvalue weighted by atomic mass is 79.9. The topological polar surface area (TPSA) is 242 Å². The lowest BCUT2D eigenvalue weighted by Gasteiger charge is -2.11. The van der Waals surface area contributed by atoms with Gasteiger partial charge in [-0.05, 0) is 132 Å². The van der Waals surface area contributed by atoms with Gasteiger partial charge in [-0.1, -0.05) is 235 Å². The van der Waals surface area contributed by atoms with Gasteiger partial charge in [-0.3, -0.25) is 24.0 Å². The van der Waals surface area contributed by atoms with Gasteiger partial charge < -0.3 is 54.0 Å². The molecule has 0 spiro atoms. The molecular weight excluding hydrogens is 1310 g/mol. The summed E-state index contributed by atoms with van der Waals surface area (Å²) in [6.07, 6.45) is 52.9. The summed E-state index contributed by atoms with van der Waals surface area (Å²) in [5, 5.41) is 44.8. The molecule has 3 rings (SSSR count). The Morgan fingerprint density at radius 3 is 0.949 bits per heavy atom. The second-order valence-electron chi connectivity index (χ2n) is 25.5. The van der Waals surface area contributed by atoms with Gasteiger partial charge in [-0.2, -0.15) is 0 Å². The van der Waals surface area contributed by atoms with Crippen molar-refractivity contribution in [2.45, 2.75) is 309 Å². The fourth-order valence-corrected chi connectivity index (χ4v) is 11.0. The van der Waals surface area contributed by atoms with Crippen molar-refractivity contribution < 1.29 is 77.9 Å². The number of carbonyl (C=O) groups is 5. The number of benzene rings is 3. The highest BCUT2D eigenvalue weighted by Gasteiger charge is 2.10. The summed E-state index contributed by atoms with van der Waals surface area (Å²) in [5.41, 5.74) is 1.15. The van der Waals surface area contributed by atoms with E-state index in [-0.39, 0.29) is 42.2 Å². The van der Waals surface area contributed by atoms with Crippen molar-refractivity contribution in [2.75, 3.05) is 64.8 Å². The molecule has 0 saturated heterocycles. The van der Waals surface area contributed by atoms with Crippen LogP contribution in [0, 0.1) is 0 Å². The van der Waals surface area contributed by atoms with E-state index in [1.807, 2.05) is 24.3 Å². The minimum absolute atomic E-state index is 0.0279. The molecule has 562 valence electrons. The number of aliphatic hydroxyl groups excluding tert-OH is 3. The van der Waals surface area contributed by atoms with Crippen LogP contribution < -0.4 is 18.9 Å². The summed E-state index contributed by atoms with van der Waals surface area (Å²) >= 11 is 3.39. The number of aromatic hydroxyl groups is 2. The van der Waals surface area contributed by atoms with Crippen LogP contribution in [0.25, 0.3) is 0 Å². The molecule has 17 heteroatoms. The van der Waals surface area contributed by atoms with E-state index in [0.717, 1.165) is 204 Å². The van der Waals surface area contributed by atoms with Crippen molar-refractivity contribution in [1.82, 2.24) is 0 Å². The molecule has 98 heavy (non-hydrogen) atoms. The average molecular weight is 1440 g/mol. The maximum Gasteiger partial charge on any atom is 0.305 e. The number of aliphatic hydroxyl groups is 3. The van der Waals surface area contributed by atoms with Crippen LogP contribution in [0.15, 0.2) is 54.6 Å². The molecule has 5 N–H and O–H groups in total. The van der Waals surface area contributed by atoms with Gasteiger partial charge in [0.2, 0.25) is 0 Å². The molecule has 0 atom stereocenters. The van der Waals surface area contributed by atoms with Crippen LogP contribution in [0.5, 0.6) is 34.5 Å². The Balaban J connectivity index is 0.00000161. The predicted molar refractivity (Wildman–Crippen MR) is 401 cm³/mol. The molecule has 0 amide bonds. The van der Waals surface area contributed by atoms with Gasteiger partial charge in [0.25, 0.3) is 0 Å². The third-order valence-corrected chi connectivity index (χ3v) is 17.2. The van der Waals surface area contributed by atoms with E-state index < -0.39 is 0 Å². The molecule has 0 fully saturated rings. The SMILES string of the molecule is CCCCCCCCCC(=O)OCCCCCCCCOc1ccc(OCCCCCCCCOC(=O)CCCCCCCCC)c(C=O)c1.O=Cc1cc(O)ccc1O.O=Cc1cc(OCCCCCCCCO)ccc1OCCCCCCCCO.OCCCCCCCCBr. The van der Waals surface area contributed by atoms with Gasteiger partial charge in [0, 0.05) is 38.0 Å². The minimum atomic E-state index is -0.118. The maximum absolute atomic E-state index is 11.9. The van der Waals surface area contributed by atoms with Gasteiger partial charge in [0.05, 0.1) is 56.3 Å². The van der Waals surface area contributed by atoms with Crippen molar-refractivity contribution >= 4 is 46.7 Å². The molecule has 0 radical (unpaired) electrons. The maximum atomic E-state index is 11.9. The van der Waals surface area contributed by atoms with Crippen LogP contribution in [-0.4, -0.2) is 121 Å². The van der Waals surface area contributed by atoms with E-state index in [4.69, 9.17) is 54.0 Å². The van der Waals surface area contributed by atoms with Gasteiger partial charge in [0.15, 0.2) is 18.9 Å². The molecule has 0 bridgehead atoms. The molecule has 0 unspecified atom stereocenters. The molecular formula is C81H135BrO16. The van der Waals surface area contributed by atoms with E-state index in [9.17, 15) is 24.0 Å². The smallest absolute Gasteiger partial charge is 0.305 e. The number of esters is 2. The van der Waals surface area contributed by atoms with Crippen molar-refractivity contribution in [3.05, 3.63) is 71.3 Å². The molecule has 0 heterocycles. The zero-order chi connectivity index (χ0) is 71.7. The Hall–Kier alpha value is -5.23. The second kappa shape index (κ2) is 73.0. The number of unbranched alkanes of at least 4 members (excludes halogenated alkanes) is 37. The van der Waals surface area contributed by atoms with Crippen LogP contribution in [0.4, 0.5) is 0 Å². The quantitative estimate of drug-likeness (QED) is 0.0116. The highest BCUT2D eigenvalue weighted by Crippen LogP contribution is 2.26. The zero-order valence-electron chi connectivity index (χ0n) is 61.1. The fraction of sp³-hybridized carbons (Fsp3) is 0.716. The van der Waals surface area contributed by atoms with E-state index in [0.29, 0.717) is 99.5 Å². The number of alkyl halides is 1. The molecule has 0 aromatic heterocycles. The third-order valence-electron chi connectivity index (χ3n) is 16.6. The first-order chi connectivity index (χ1) is 48.1. The van der Waals surface area contributed by atoms with Crippen LogP contribution in [0.2, 0.25) is 0 Å². The summed E-state index contributed by atoms with van der Waals surface area (Å²) < 4.78 is 34.0. The van der Waals surface area contributed by atoms with Gasteiger partial charge >= 0.3 is 11.9 Å². The van der Waals surface area contributed by atoms with Crippen molar-refractivity contribution in [3.63, 3.8) is 0 Å². The number of carbonyl (C=O) groups excluding carboxylic acids is 5. The van der Waals surface area contributed by atoms with Crippen LogP contribution in [0.1, 0.15) is 340 Å². The first-order valence-corrected chi connectivity index (χ1v) is 39.6. The number of hydrogen-bond acceptors (Lipinski definition) is 16. The van der Waals surface area contributed by atoms with Crippen molar-refractivity contribution in [2.24, 2.45) is 0 Å². The molecule has 0 aliphatic carbocycles.